The van der Waals surface area contributed by atoms with Crippen LogP contribution in [0, 0.1) is 6.92 Å². The Kier molecular flexibility index (Phi) is 5.58. The maximum Gasteiger partial charge on any atom is 0.238 e. The molecule has 0 fully saturated rings. The smallest absolute Gasteiger partial charge is 0.238 e. The Bertz CT molecular complexity index is 830. The molecule has 0 unspecified atom stereocenters. The third kappa shape index (κ3) is 4.81. The Hall–Kier alpha value is -2.38. The lowest BCUT2D eigenvalue weighted by molar-refractivity contribution is -0.120. The fourth-order valence-corrected chi connectivity index (χ4v) is 2.79. The van der Waals surface area contributed by atoms with Gasteiger partial charge in [-0.25, -0.2) is 13.6 Å². The van der Waals surface area contributed by atoms with Crippen molar-refractivity contribution in [3.8, 4) is 5.75 Å². The normalized spacial score (nSPS) is 11.1. The van der Waals surface area contributed by atoms with Gasteiger partial charge in [0, 0.05) is 12.1 Å². The van der Waals surface area contributed by atoms with Gasteiger partial charge in [0.1, 0.15) is 5.75 Å². The maximum absolute atomic E-state index is 12.1. The number of carbonyl (C=O) groups excluding carboxylic acids is 1. The molecule has 7 heteroatoms. The van der Waals surface area contributed by atoms with Crippen molar-refractivity contribution in [1.29, 1.82) is 0 Å². The zero-order chi connectivity index (χ0) is 17.7. The van der Waals surface area contributed by atoms with Gasteiger partial charge < -0.3 is 10.1 Å². The molecule has 128 valence electrons. The first-order valence-electron chi connectivity index (χ1n) is 7.31. The van der Waals surface area contributed by atoms with E-state index in [0.29, 0.717) is 12.3 Å². The fraction of sp³-hybridized carbons (Fsp3) is 0.235. The molecule has 6 nitrogen and oxygen atoms in total. The molecular weight excluding hydrogens is 328 g/mol. The van der Waals surface area contributed by atoms with Crippen LogP contribution in [-0.2, 0) is 27.8 Å². The van der Waals surface area contributed by atoms with Crippen LogP contribution in [0.5, 0.6) is 5.75 Å². The molecule has 0 radical (unpaired) electrons. The maximum atomic E-state index is 12.1. The van der Waals surface area contributed by atoms with Gasteiger partial charge in [-0.3, -0.25) is 4.79 Å². The van der Waals surface area contributed by atoms with Crippen LogP contribution in [0.4, 0.5) is 0 Å². The number of primary sulfonamides is 1. The molecule has 2 aromatic rings. The van der Waals surface area contributed by atoms with Crippen molar-refractivity contribution in [3.05, 3.63) is 59.2 Å². The average Bonchev–Trinajstić information content (AvgIpc) is 2.53. The number of nitrogens with one attached hydrogen (secondary N) is 1. The molecule has 0 aliphatic rings. The SMILES string of the molecule is COc1ccc(C)cc1CC(=O)NCc1ccc(S(N)(=O)=O)cc1. The molecule has 2 rings (SSSR count). The molecule has 0 atom stereocenters. The van der Waals surface area contributed by atoms with Crippen molar-refractivity contribution < 1.29 is 17.9 Å². The summed E-state index contributed by atoms with van der Waals surface area (Å²) in [6, 6.07) is 11.7. The molecule has 0 saturated heterocycles. The van der Waals surface area contributed by atoms with Crippen molar-refractivity contribution in [2.24, 2.45) is 5.14 Å². The van der Waals surface area contributed by atoms with Gasteiger partial charge in [0.05, 0.1) is 18.4 Å². The minimum Gasteiger partial charge on any atom is -0.496 e. The van der Waals surface area contributed by atoms with Crippen LogP contribution < -0.4 is 15.2 Å². The number of methoxy groups -OCH3 is 1. The Labute approximate surface area is 141 Å². The van der Waals surface area contributed by atoms with Crippen molar-refractivity contribution in [3.63, 3.8) is 0 Å². The second-order valence-electron chi connectivity index (χ2n) is 5.46. The summed E-state index contributed by atoms with van der Waals surface area (Å²) in [5.74, 6) is 0.530. The van der Waals surface area contributed by atoms with Gasteiger partial charge in [-0.05, 0) is 30.7 Å². The second-order valence-corrected chi connectivity index (χ2v) is 7.02. The van der Waals surface area contributed by atoms with E-state index < -0.39 is 10.0 Å². The van der Waals surface area contributed by atoms with E-state index in [1.807, 2.05) is 25.1 Å². The monoisotopic (exact) mass is 348 g/mol. The number of sulfonamides is 1. The van der Waals surface area contributed by atoms with Gasteiger partial charge in [-0.2, -0.15) is 0 Å². The fourth-order valence-electron chi connectivity index (χ4n) is 2.28. The van der Waals surface area contributed by atoms with Gasteiger partial charge in [0.15, 0.2) is 0 Å². The molecule has 0 aliphatic carbocycles. The van der Waals surface area contributed by atoms with Crippen LogP contribution in [0.3, 0.4) is 0 Å². The van der Waals surface area contributed by atoms with Crippen LogP contribution in [0.25, 0.3) is 0 Å². The molecule has 1 amide bonds. The summed E-state index contributed by atoms with van der Waals surface area (Å²) in [6.07, 6.45) is 0.208. The number of hydrogen-bond donors (Lipinski definition) is 2. The van der Waals surface area contributed by atoms with E-state index in [1.54, 1.807) is 19.2 Å². The summed E-state index contributed by atoms with van der Waals surface area (Å²) in [5.41, 5.74) is 2.66. The van der Waals surface area contributed by atoms with E-state index in [1.165, 1.54) is 12.1 Å². The van der Waals surface area contributed by atoms with Gasteiger partial charge in [0.2, 0.25) is 15.9 Å². The lowest BCUT2D eigenvalue weighted by Crippen LogP contribution is -2.24. The first kappa shape index (κ1) is 18.0. The zero-order valence-corrected chi connectivity index (χ0v) is 14.4. The van der Waals surface area contributed by atoms with Crippen molar-refractivity contribution in [2.75, 3.05) is 7.11 Å². The number of amides is 1. The van der Waals surface area contributed by atoms with Crippen molar-refractivity contribution in [1.82, 2.24) is 5.32 Å². The summed E-state index contributed by atoms with van der Waals surface area (Å²) < 4.78 is 27.7. The number of ether oxygens (including phenoxy) is 1. The lowest BCUT2D eigenvalue weighted by Gasteiger charge is -2.10. The van der Waals surface area contributed by atoms with Gasteiger partial charge >= 0.3 is 0 Å². The molecule has 3 N–H and O–H groups in total. The number of benzene rings is 2. The van der Waals surface area contributed by atoms with Crippen LogP contribution in [0.1, 0.15) is 16.7 Å². The first-order chi connectivity index (χ1) is 11.3. The highest BCUT2D eigenvalue weighted by Crippen LogP contribution is 2.20. The van der Waals surface area contributed by atoms with E-state index in [-0.39, 0.29) is 17.2 Å². The number of rotatable bonds is 6. The van der Waals surface area contributed by atoms with E-state index in [4.69, 9.17) is 9.88 Å². The largest absolute Gasteiger partial charge is 0.496 e. The molecule has 0 spiro atoms. The van der Waals surface area contributed by atoms with Gasteiger partial charge in [0.25, 0.3) is 0 Å². The molecule has 24 heavy (non-hydrogen) atoms. The van der Waals surface area contributed by atoms with Crippen LogP contribution in [0.15, 0.2) is 47.4 Å². The second kappa shape index (κ2) is 7.46. The molecule has 2 aromatic carbocycles. The molecule has 0 aromatic heterocycles. The minimum atomic E-state index is -3.70. The molecule has 0 saturated carbocycles. The van der Waals surface area contributed by atoms with Gasteiger partial charge in [-0.1, -0.05) is 29.8 Å². The zero-order valence-electron chi connectivity index (χ0n) is 13.6. The average molecular weight is 348 g/mol. The molecule has 0 aliphatic heterocycles. The van der Waals surface area contributed by atoms with E-state index in [2.05, 4.69) is 5.32 Å². The van der Waals surface area contributed by atoms with Gasteiger partial charge in [-0.15, -0.1) is 0 Å². The standard InChI is InChI=1S/C17H20N2O4S/c1-12-3-8-16(23-2)14(9-12)10-17(20)19-11-13-4-6-15(7-5-13)24(18,21)22/h3-9H,10-11H2,1-2H3,(H,19,20)(H2,18,21,22). The highest BCUT2D eigenvalue weighted by molar-refractivity contribution is 7.89. The highest BCUT2D eigenvalue weighted by Gasteiger charge is 2.10. The van der Waals surface area contributed by atoms with Crippen molar-refractivity contribution in [2.45, 2.75) is 24.8 Å². The Morgan fingerprint density at radius 2 is 1.83 bits per heavy atom. The lowest BCUT2D eigenvalue weighted by atomic mass is 10.1. The number of aryl methyl sites for hydroxylation is 1. The third-order valence-corrected chi connectivity index (χ3v) is 4.46. The van der Waals surface area contributed by atoms with Crippen LogP contribution >= 0.6 is 0 Å². The number of nitrogens with two attached hydrogens (primary N) is 1. The predicted molar refractivity (Wildman–Crippen MR) is 91.1 cm³/mol. The first-order valence-corrected chi connectivity index (χ1v) is 8.86. The topological polar surface area (TPSA) is 98.5 Å². The van der Waals surface area contributed by atoms with E-state index in [0.717, 1.165) is 16.7 Å². The third-order valence-electron chi connectivity index (χ3n) is 3.53. The Balaban J connectivity index is 1.97. The highest BCUT2D eigenvalue weighted by atomic mass is 32.2. The molecular formula is C17H20N2O4S. The number of hydrogen-bond acceptors (Lipinski definition) is 4. The van der Waals surface area contributed by atoms with E-state index in [9.17, 15) is 13.2 Å². The van der Waals surface area contributed by atoms with Crippen LogP contribution in [0.2, 0.25) is 0 Å². The quantitative estimate of drug-likeness (QED) is 0.826. The van der Waals surface area contributed by atoms with E-state index >= 15 is 0 Å². The molecule has 0 bridgehead atoms. The molecule has 0 heterocycles. The summed E-state index contributed by atoms with van der Waals surface area (Å²) in [6.45, 7) is 2.26. The van der Waals surface area contributed by atoms with Crippen LogP contribution in [-0.4, -0.2) is 21.4 Å². The Morgan fingerprint density at radius 1 is 1.17 bits per heavy atom. The summed E-state index contributed by atoms with van der Waals surface area (Å²) in [7, 11) is -2.14. The number of carbonyl (C=O) groups is 1. The predicted octanol–water partition coefficient (Wildman–Crippen LogP) is 1.51. The summed E-state index contributed by atoms with van der Waals surface area (Å²) in [4.78, 5) is 12.2. The van der Waals surface area contributed by atoms with Crippen molar-refractivity contribution >= 4 is 15.9 Å². The summed E-state index contributed by atoms with van der Waals surface area (Å²) >= 11 is 0. The Morgan fingerprint density at radius 3 is 2.42 bits per heavy atom. The minimum absolute atomic E-state index is 0.0436. The summed E-state index contributed by atoms with van der Waals surface area (Å²) in [5, 5.41) is 7.85.